The molecule has 0 fully saturated rings. The Morgan fingerprint density at radius 3 is 3.05 bits per heavy atom. The molecular weight excluding hydrogens is 260 g/mol. The number of nitrogen functional groups attached to an aromatic ring is 1. The molecule has 3 aromatic rings. The molecular formula is C13H12N4O3. The second kappa shape index (κ2) is 4.69. The Hall–Kier alpha value is -2.83. The summed E-state index contributed by atoms with van der Waals surface area (Å²) in [5.41, 5.74) is 6.85. The van der Waals surface area contributed by atoms with Gasteiger partial charge in [-0.25, -0.2) is 4.98 Å². The van der Waals surface area contributed by atoms with Crippen molar-refractivity contribution in [3.8, 4) is 5.75 Å². The molecule has 0 aliphatic carbocycles. The van der Waals surface area contributed by atoms with Gasteiger partial charge in [0.2, 0.25) is 5.95 Å². The third-order valence-electron chi connectivity index (χ3n) is 2.97. The molecule has 0 unspecified atom stereocenters. The van der Waals surface area contributed by atoms with Gasteiger partial charge in [0.15, 0.2) is 0 Å². The van der Waals surface area contributed by atoms with Gasteiger partial charge in [-0.15, -0.1) is 5.10 Å². The lowest BCUT2D eigenvalue weighted by Crippen LogP contribution is -2.14. The first kappa shape index (κ1) is 12.2. The molecule has 0 aliphatic heterocycles. The van der Waals surface area contributed by atoms with E-state index >= 15 is 0 Å². The van der Waals surface area contributed by atoms with Gasteiger partial charge in [-0.05, 0) is 18.2 Å². The fraction of sp³-hybridized carbons (Fsp3) is 0.154. The van der Waals surface area contributed by atoms with Crippen molar-refractivity contribution in [3.05, 3.63) is 36.4 Å². The summed E-state index contributed by atoms with van der Waals surface area (Å²) in [5, 5.41) is 4.62. The van der Waals surface area contributed by atoms with Crippen LogP contribution in [-0.4, -0.2) is 27.8 Å². The van der Waals surface area contributed by atoms with Crippen LogP contribution < -0.4 is 10.5 Å². The van der Waals surface area contributed by atoms with Gasteiger partial charge < -0.3 is 14.9 Å². The summed E-state index contributed by atoms with van der Waals surface area (Å²) in [5.74, 6) is 0.536. The SMILES string of the molecule is COc1ccc2occ(CC(=O)n3cnc(N)n3)c2c1. The second-order valence-electron chi connectivity index (χ2n) is 4.24. The maximum absolute atomic E-state index is 12.1. The first-order valence-electron chi connectivity index (χ1n) is 5.92. The number of nitrogens with two attached hydrogens (primary N) is 1. The summed E-state index contributed by atoms with van der Waals surface area (Å²) in [6.07, 6.45) is 2.99. The van der Waals surface area contributed by atoms with Gasteiger partial charge in [-0.3, -0.25) is 4.79 Å². The zero-order valence-electron chi connectivity index (χ0n) is 10.7. The molecule has 0 saturated carbocycles. The number of aromatic nitrogens is 3. The molecule has 1 aromatic carbocycles. The lowest BCUT2D eigenvalue weighted by atomic mass is 10.1. The highest BCUT2D eigenvalue weighted by molar-refractivity contribution is 5.89. The summed E-state index contributed by atoms with van der Waals surface area (Å²) in [6, 6.07) is 5.43. The van der Waals surface area contributed by atoms with Gasteiger partial charge in [0.05, 0.1) is 19.8 Å². The van der Waals surface area contributed by atoms with Crippen molar-refractivity contribution < 1.29 is 13.9 Å². The van der Waals surface area contributed by atoms with Crippen molar-refractivity contribution in [2.24, 2.45) is 0 Å². The average Bonchev–Trinajstić information content (AvgIpc) is 3.05. The first-order chi connectivity index (χ1) is 9.67. The quantitative estimate of drug-likeness (QED) is 0.776. The number of methoxy groups -OCH3 is 1. The standard InChI is InChI=1S/C13H12N4O3/c1-19-9-2-3-11-10(5-9)8(6-20-11)4-12(18)17-7-15-13(14)16-17/h2-3,5-7H,4H2,1H3,(H2,14,16). The molecule has 0 bridgehead atoms. The maximum Gasteiger partial charge on any atom is 0.252 e. The molecule has 2 N–H and O–H groups in total. The topological polar surface area (TPSA) is 96.2 Å². The van der Waals surface area contributed by atoms with E-state index in [1.165, 1.54) is 6.33 Å². The predicted molar refractivity (Wildman–Crippen MR) is 71.5 cm³/mol. The van der Waals surface area contributed by atoms with Crippen molar-refractivity contribution in [2.45, 2.75) is 6.42 Å². The molecule has 0 amide bonds. The summed E-state index contributed by atoms with van der Waals surface area (Å²) in [4.78, 5) is 15.8. The molecule has 0 atom stereocenters. The number of anilines is 1. The molecule has 7 heteroatoms. The molecule has 7 nitrogen and oxygen atoms in total. The summed E-state index contributed by atoms with van der Waals surface area (Å²) >= 11 is 0. The van der Waals surface area contributed by atoms with E-state index in [1.807, 2.05) is 6.07 Å². The highest BCUT2D eigenvalue weighted by atomic mass is 16.5. The van der Waals surface area contributed by atoms with E-state index in [-0.39, 0.29) is 18.3 Å². The molecule has 20 heavy (non-hydrogen) atoms. The van der Waals surface area contributed by atoms with Crippen molar-refractivity contribution in [2.75, 3.05) is 12.8 Å². The average molecular weight is 272 g/mol. The lowest BCUT2D eigenvalue weighted by molar-refractivity contribution is 0.0898. The summed E-state index contributed by atoms with van der Waals surface area (Å²) in [7, 11) is 1.59. The molecule has 0 radical (unpaired) electrons. The Balaban J connectivity index is 1.92. The Labute approximate surface area is 114 Å². The highest BCUT2D eigenvalue weighted by Gasteiger charge is 2.13. The number of carbonyl (C=O) groups is 1. The summed E-state index contributed by atoms with van der Waals surface area (Å²) in [6.45, 7) is 0. The number of carbonyl (C=O) groups excluding carboxylic acids is 1. The third-order valence-corrected chi connectivity index (χ3v) is 2.97. The van der Waals surface area contributed by atoms with E-state index in [4.69, 9.17) is 14.9 Å². The predicted octanol–water partition coefficient (Wildman–Crippen LogP) is 1.50. The van der Waals surface area contributed by atoms with Crippen molar-refractivity contribution in [3.63, 3.8) is 0 Å². The van der Waals surface area contributed by atoms with Crippen LogP contribution in [0.2, 0.25) is 0 Å². The molecule has 2 aromatic heterocycles. The van der Waals surface area contributed by atoms with E-state index in [9.17, 15) is 4.79 Å². The van der Waals surface area contributed by atoms with Crippen LogP contribution in [0.15, 0.2) is 35.2 Å². The normalized spacial score (nSPS) is 10.8. The van der Waals surface area contributed by atoms with Crippen LogP contribution in [0.1, 0.15) is 10.4 Å². The smallest absolute Gasteiger partial charge is 0.252 e. The molecule has 0 aliphatic rings. The molecule has 2 heterocycles. The van der Waals surface area contributed by atoms with Gasteiger partial charge >= 0.3 is 0 Å². The van der Waals surface area contributed by atoms with Crippen LogP contribution in [0.25, 0.3) is 11.0 Å². The number of hydrogen-bond acceptors (Lipinski definition) is 6. The van der Waals surface area contributed by atoms with E-state index in [1.54, 1.807) is 25.5 Å². The van der Waals surface area contributed by atoms with E-state index in [0.29, 0.717) is 11.3 Å². The maximum atomic E-state index is 12.1. The number of nitrogens with zero attached hydrogens (tertiary/aromatic N) is 3. The number of benzene rings is 1. The molecule has 3 rings (SSSR count). The monoisotopic (exact) mass is 272 g/mol. The Morgan fingerprint density at radius 1 is 1.50 bits per heavy atom. The number of rotatable bonds is 3. The van der Waals surface area contributed by atoms with E-state index in [2.05, 4.69) is 10.1 Å². The first-order valence-corrected chi connectivity index (χ1v) is 5.92. The lowest BCUT2D eigenvalue weighted by Gasteiger charge is -2.00. The minimum Gasteiger partial charge on any atom is -0.497 e. The van der Waals surface area contributed by atoms with Gasteiger partial charge in [-0.1, -0.05) is 0 Å². The van der Waals surface area contributed by atoms with Crippen LogP contribution in [0.4, 0.5) is 5.95 Å². The Morgan fingerprint density at radius 2 is 2.35 bits per heavy atom. The second-order valence-corrected chi connectivity index (χ2v) is 4.24. The van der Waals surface area contributed by atoms with E-state index < -0.39 is 0 Å². The minimum absolute atomic E-state index is 0.0667. The van der Waals surface area contributed by atoms with Crippen LogP contribution in [0.5, 0.6) is 5.75 Å². The summed E-state index contributed by atoms with van der Waals surface area (Å²) < 4.78 is 11.7. The number of furan rings is 1. The van der Waals surface area contributed by atoms with Gasteiger partial charge in [0.25, 0.3) is 5.91 Å². The van der Waals surface area contributed by atoms with Crippen LogP contribution in [-0.2, 0) is 6.42 Å². The number of fused-ring (bicyclic) bond motifs is 1. The van der Waals surface area contributed by atoms with Crippen LogP contribution in [0, 0.1) is 0 Å². The Bertz CT molecular complexity index is 775. The minimum atomic E-state index is -0.236. The largest absolute Gasteiger partial charge is 0.497 e. The number of hydrogen-bond donors (Lipinski definition) is 1. The van der Waals surface area contributed by atoms with Gasteiger partial charge in [0.1, 0.15) is 17.7 Å². The highest BCUT2D eigenvalue weighted by Crippen LogP contribution is 2.26. The molecule has 0 spiro atoms. The van der Waals surface area contributed by atoms with Gasteiger partial charge in [0, 0.05) is 10.9 Å². The molecule has 0 saturated heterocycles. The zero-order chi connectivity index (χ0) is 14.1. The fourth-order valence-electron chi connectivity index (χ4n) is 1.96. The Kier molecular flexibility index (Phi) is 2.86. The fourth-order valence-corrected chi connectivity index (χ4v) is 1.96. The zero-order valence-corrected chi connectivity index (χ0v) is 10.7. The van der Waals surface area contributed by atoms with Crippen molar-refractivity contribution in [1.29, 1.82) is 0 Å². The van der Waals surface area contributed by atoms with E-state index in [0.717, 1.165) is 15.6 Å². The van der Waals surface area contributed by atoms with Crippen LogP contribution >= 0.6 is 0 Å². The van der Waals surface area contributed by atoms with Gasteiger partial charge in [-0.2, -0.15) is 4.68 Å². The third kappa shape index (κ3) is 2.09. The molecule has 102 valence electrons. The van der Waals surface area contributed by atoms with Crippen LogP contribution in [0.3, 0.4) is 0 Å². The number of ether oxygens (including phenoxy) is 1. The van der Waals surface area contributed by atoms with Crippen molar-refractivity contribution >= 4 is 22.8 Å². The van der Waals surface area contributed by atoms with Crippen molar-refractivity contribution in [1.82, 2.24) is 14.8 Å².